The molecule has 1 N–H and O–H groups in total. The normalized spacial score (nSPS) is 18.9. The highest BCUT2D eigenvalue weighted by atomic mass is 32.2. The number of rotatable bonds is 4. The number of hydrogen-bond acceptors (Lipinski definition) is 3. The van der Waals surface area contributed by atoms with Gasteiger partial charge in [0.2, 0.25) is 5.91 Å². The second-order valence-electron chi connectivity index (χ2n) is 4.71. The molecule has 1 atom stereocenters. The van der Waals surface area contributed by atoms with Gasteiger partial charge in [-0.15, -0.1) is 0 Å². The number of benzene rings is 1. The number of nitrogens with one attached hydrogen (secondary N) is 1. The molecule has 1 aromatic rings. The average molecular weight is 265 g/mol. The van der Waals surface area contributed by atoms with Crippen LogP contribution < -0.4 is 10.1 Å². The highest BCUT2D eigenvalue weighted by Gasteiger charge is 2.23. The monoisotopic (exact) mass is 265 g/mol. The van der Waals surface area contributed by atoms with E-state index in [4.69, 9.17) is 4.74 Å². The first-order valence-electron chi connectivity index (χ1n) is 6.31. The summed E-state index contributed by atoms with van der Waals surface area (Å²) in [6.45, 7) is 3.96. The molecule has 4 heteroatoms. The van der Waals surface area contributed by atoms with Gasteiger partial charge in [0.25, 0.3) is 0 Å². The lowest BCUT2D eigenvalue weighted by atomic mass is 10.1. The standard InChI is InChI=1S/C14H19NO2S/c1-10(2)17-13-6-4-3-5-12(13)15-14(16)11-7-8-18-9-11/h3-6,10-11H,7-9H2,1-2H3,(H,15,16). The van der Waals surface area contributed by atoms with Crippen molar-refractivity contribution >= 4 is 23.4 Å². The minimum absolute atomic E-state index is 0.102. The van der Waals surface area contributed by atoms with Gasteiger partial charge >= 0.3 is 0 Å². The minimum atomic E-state index is 0.102. The van der Waals surface area contributed by atoms with Crippen molar-refractivity contribution in [2.75, 3.05) is 16.8 Å². The Labute approximate surface area is 112 Å². The van der Waals surface area contributed by atoms with Crippen molar-refractivity contribution in [3.8, 4) is 5.75 Å². The van der Waals surface area contributed by atoms with Crippen LogP contribution in [0.25, 0.3) is 0 Å². The summed E-state index contributed by atoms with van der Waals surface area (Å²) >= 11 is 1.84. The van der Waals surface area contributed by atoms with Crippen molar-refractivity contribution in [3.63, 3.8) is 0 Å². The first kappa shape index (κ1) is 13.3. The van der Waals surface area contributed by atoms with Gasteiger partial charge in [0, 0.05) is 11.7 Å². The van der Waals surface area contributed by atoms with Gasteiger partial charge in [-0.1, -0.05) is 12.1 Å². The van der Waals surface area contributed by atoms with Gasteiger partial charge < -0.3 is 10.1 Å². The van der Waals surface area contributed by atoms with Crippen molar-refractivity contribution in [1.29, 1.82) is 0 Å². The maximum Gasteiger partial charge on any atom is 0.228 e. The molecule has 0 saturated carbocycles. The minimum Gasteiger partial charge on any atom is -0.489 e. The van der Waals surface area contributed by atoms with Crippen LogP contribution in [0.5, 0.6) is 5.75 Å². The van der Waals surface area contributed by atoms with Crippen LogP contribution in [0, 0.1) is 5.92 Å². The van der Waals surface area contributed by atoms with Crippen LogP contribution in [0.1, 0.15) is 20.3 Å². The van der Waals surface area contributed by atoms with Crippen LogP contribution in [0.2, 0.25) is 0 Å². The number of anilines is 1. The van der Waals surface area contributed by atoms with Crippen molar-refractivity contribution in [3.05, 3.63) is 24.3 Å². The van der Waals surface area contributed by atoms with E-state index in [1.165, 1.54) is 0 Å². The fourth-order valence-corrected chi connectivity index (χ4v) is 3.12. The number of ether oxygens (including phenoxy) is 1. The fourth-order valence-electron chi connectivity index (χ4n) is 1.90. The van der Waals surface area contributed by atoms with Crippen LogP contribution in [0.4, 0.5) is 5.69 Å². The summed E-state index contributed by atoms with van der Waals surface area (Å²) in [5.41, 5.74) is 0.771. The third-order valence-electron chi connectivity index (χ3n) is 2.81. The Balaban J connectivity index is 2.05. The molecule has 0 aliphatic carbocycles. The summed E-state index contributed by atoms with van der Waals surface area (Å²) in [5.74, 6) is 3.01. The molecule has 18 heavy (non-hydrogen) atoms. The molecular formula is C14H19NO2S. The van der Waals surface area contributed by atoms with Crippen molar-refractivity contribution < 1.29 is 9.53 Å². The molecule has 0 radical (unpaired) electrons. The van der Waals surface area contributed by atoms with Gasteiger partial charge in [-0.3, -0.25) is 4.79 Å². The van der Waals surface area contributed by atoms with E-state index in [0.717, 1.165) is 29.4 Å². The van der Waals surface area contributed by atoms with Gasteiger partial charge in [0.15, 0.2) is 0 Å². The fraction of sp³-hybridized carbons (Fsp3) is 0.500. The van der Waals surface area contributed by atoms with Crippen LogP contribution in [-0.2, 0) is 4.79 Å². The van der Waals surface area contributed by atoms with Crippen LogP contribution in [0.15, 0.2) is 24.3 Å². The van der Waals surface area contributed by atoms with Crippen LogP contribution in [-0.4, -0.2) is 23.5 Å². The second kappa shape index (κ2) is 6.14. The third-order valence-corrected chi connectivity index (χ3v) is 3.97. The topological polar surface area (TPSA) is 38.3 Å². The largest absolute Gasteiger partial charge is 0.489 e. The Hall–Kier alpha value is -1.16. The van der Waals surface area contributed by atoms with E-state index in [0.29, 0.717) is 0 Å². The SMILES string of the molecule is CC(C)Oc1ccccc1NC(=O)C1CCSC1. The molecule has 3 nitrogen and oxygen atoms in total. The van der Waals surface area contributed by atoms with E-state index in [9.17, 15) is 4.79 Å². The summed E-state index contributed by atoms with van der Waals surface area (Å²) < 4.78 is 5.69. The molecule has 2 rings (SSSR count). The Morgan fingerprint density at radius 1 is 1.44 bits per heavy atom. The number of carbonyl (C=O) groups is 1. The molecule has 0 aromatic heterocycles. The Bertz CT molecular complexity index is 414. The van der Waals surface area contributed by atoms with Gasteiger partial charge in [-0.2, -0.15) is 11.8 Å². The molecule has 1 aliphatic rings. The lowest BCUT2D eigenvalue weighted by molar-refractivity contribution is -0.119. The predicted molar refractivity (Wildman–Crippen MR) is 76.3 cm³/mol. The van der Waals surface area contributed by atoms with Gasteiger partial charge in [0.05, 0.1) is 11.8 Å². The molecule has 1 heterocycles. The van der Waals surface area contributed by atoms with E-state index >= 15 is 0 Å². The molecule has 1 unspecified atom stereocenters. The summed E-state index contributed by atoms with van der Waals surface area (Å²) in [5, 5.41) is 2.98. The van der Waals surface area contributed by atoms with E-state index in [1.807, 2.05) is 49.9 Å². The molecule has 1 aliphatic heterocycles. The number of para-hydroxylation sites is 2. The molecule has 98 valence electrons. The highest BCUT2D eigenvalue weighted by molar-refractivity contribution is 7.99. The van der Waals surface area contributed by atoms with Crippen LogP contribution >= 0.6 is 11.8 Å². The Morgan fingerprint density at radius 2 is 2.22 bits per heavy atom. The Morgan fingerprint density at radius 3 is 2.89 bits per heavy atom. The van der Waals surface area contributed by atoms with E-state index in [-0.39, 0.29) is 17.9 Å². The molecular weight excluding hydrogens is 246 g/mol. The quantitative estimate of drug-likeness (QED) is 0.908. The first-order chi connectivity index (χ1) is 8.66. The molecule has 0 bridgehead atoms. The van der Waals surface area contributed by atoms with Gasteiger partial charge in [-0.05, 0) is 38.2 Å². The lowest BCUT2D eigenvalue weighted by Gasteiger charge is -2.16. The maximum atomic E-state index is 12.1. The summed E-state index contributed by atoms with van der Waals surface area (Å²) in [4.78, 5) is 12.1. The van der Waals surface area contributed by atoms with Crippen molar-refractivity contribution in [2.45, 2.75) is 26.4 Å². The number of amides is 1. The Kier molecular flexibility index (Phi) is 4.53. The molecule has 0 spiro atoms. The predicted octanol–water partition coefficient (Wildman–Crippen LogP) is 3.17. The van der Waals surface area contributed by atoms with E-state index < -0.39 is 0 Å². The van der Waals surface area contributed by atoms with E-state index in [1.54, 1.807) is 0 Å². The molecule has 1 fully saturated rings. The van der Waals surface area contributed by atoms with Gasteiger partial charge in [0.1, 0.15) is 5.75 Å². The second-order valence-corrected chi connectivity index (χ2v) is 5.86. The molecule has 1 aromatic carbocycles. The van der Waals surface area contributed by atoms with Gasteiger partial charge in [-0.25, -0.2) is 0 Å². The average Bonchev–Trinajstić information content (AvgIpc) is 2.84. The first-order valence-corrected chi connectivity index (χ1v) is 7.46. The number of carbonyl (C=O) groups excluding carboxylic acids is 1. The zero-order valence-corrected chi connectivity index (χ0v) is 11.6. The van der Waals surface area contributed by atoms with Crippen LogP contribution in [0.3, 0.4) is 0 Å². The molecule has 1 saturated heterocycles. The smallest absolute Gasteiger partial charge is 0.228 e. The summed E-state index contributed by atoms with van der Waals surface area (Å²) in [6, 6.07) is 7.60. The van der Waals surface area contributed by atoms with Crippen molar-refractivity contribution in [2.24, 2.45) is 5.92 Å². The zero-order chi connectivity index (χ0) is 13.0. The molecule has 1 amide bonds. The maximum absolute atomic E-state index is 12.1. The number of thioether (sulfide) groups is 1. The highest BCUT2D eigenvalue weighted by Crippen LogP contribution is 2.28. The third kappa shape index (κ3) is 3.42. The summed E-state index contributed by atoms with van der Waals surface area (Å²) in [7, 11) is 0. The lowest BCUT2D eigenvalue weighted by Crippen LogP contribution is -2.23. The van der Waals surface area contributed by atoms with E-state index in [2.05, 4.69) is 5.32 Å². The summed E-state index contributed by atoms with van der Waals surface area (Å²) in [6.07, 6.45) is 1.08. The number of hydrogen-bond donors (Lipinski definition) is 1. The zero-order valence-electron chi connectivity index (χ0n) is 10.8. The van der Waals surface area contributed by atoms with Crippen molar-refractivity contribution in [1.82, 2.24) is 0 Å².